The average Bonchev–Trinajstić information content (AvgIpc) is 2.79. The molecule has 22 heavy (non-hydrogen) atoms. The molecule has 9 heteroatoms. The molecule has 1 aliphatic heterocycles. The quantitative estimate of drug-likeness (QED) is 0.291. The Morgan fingerprint density at radius 3 is 2.00 bits per heavy atom. The van der Waals surface area contributed by atoms with Gasteiger partial charge in [-0.25, -0.2) is 0 Å². The first-order valence-electron chi connectivity index (χ1n) is 6.32. The molecule has 8 nitrogen and oxygen atoms in total. The van der Waals surface area contributed by atoms with Crippen molar-refractivity contribution in [3.63, 3.8) is 0 Å². The summed E-state index contributed by atoms with van der Waals surface area (Å²) in [4.78, 5) is 25.6. The minimum absolute atomic E-state index is 0.237. The third kappa shape index (κ3) is 2.35. The number of carbonyl (C=O) groups is 2. The number of carbonyl (C=O) groups excluding carboxylic acids is 2. The molecule has 0 aliphatic carbocycles. The van der Waals surface area contributed by atoms with Crippen LogP contribution in [0, 0.1) is 0 Å². The van der Waals surface area contributed by atoms with Gasteiger partial charge in [-0.05, 0) is 19.1 Å². The van der Waals surface area contributed by atoms with Crippen LogP contribution in [0.3, 0.4) is 0 Å². The van der Waals surface area contributed by atoms with E-state index in [-0.39, 0.29) is 11.1 Å². The van der Waals surface area contributed by atoms with Crippen LogP contribution < -0.4 is 0 Å². The number of hydrogen-bond donors (Lipinski definition) is 1. The van der Waals surface area contributed by atoms with Crippen LogP contribution in [0.15, 0.2) is 29.4 Å². The van der Waals surface area contributed by atoms with Crippen LogP contribution in [0.2, 0.25) is 0 Å². The second-order valence-electron chi connectivity index (χ2n) is 4.52. The molecule has 1 aliphatic rings. The zero-order chi connectivity index (χ0) is 16.5. The zero-order valence-corrected chi connectivity index (χ0v) is 13.1. The number of oxime groups is 1. The highest BCUT2D eigenvalue weighted by molar-refractivity contribution is 7.72. The van der Waals surface area contributed by atoms with Gasteiger partial charge < -0.3 is 14.3 Å². The van der Waals surface area contributed by atoms with E-state index in [1.165, 1.54) is 19.1 Å². The molecule has 2 rings (SSSR count). The van der Waals surface area contributed by atoms with Crippen LogP contribution in [0.5, 0.6) is 0 Å². The fourth-order valence-corrected chi connectivity index (χ4v) is 3.51. The van der Waals surface area contributed by atoms with E-state index in [4.69, 9.17) is 14.3 Å². The normalized spacial score (nSPS) is 16.9. The Bertz CT molecular complexity index is 659. The molecule has 0 saturated heterocycles. The first-order valence-corrected chi connectivity index (χ1v) is 7.86. The van der Waals surface area contributed by atoms with Crippen molar-refractivity contribution in [3.05, 3.63) is 35.4 Å². The largest absolute Gasteiger partial charge is 0.410 e. The minimum atomic E-state index is -3.89. The molecule has 1 unspecified atom stereocenters. The van der Waals surface area contributed by atoms with Gasteiger partial charge in [0.25, 0.3) is 11.8 Å². The third-order valence-corrected chi connectivity index (χ3v) is 5.44. The molecule has 1 N–H and O–H groups in total. The average molecular weight is 326 g/mol. The van der Waals surface area contributed by atoms with Gasteiger partial charge in [-0.2, -0.15) is 0 Å². The summed E-state index contributed by atoms with van der Waals surface area (Å²) in [6, 6.07) is 5.21. The molecule has 1 aromatic carbocycles. The molecule has 1 atom stereocenters. The van der Waals surface area contributed by atoms with Crippen molar-refractivity contribution in [2.45, 2.75) is 13.0 Å². The summed E-state index contributed by atoms with van der Waals surface area (Å²) in [6.45, 7) is 1.40. The van der Waals surface area contributed by atoms with Crippen LogP contribution in [0.1, 0.15) is 27.6 Å². The van der Waals surface area contributed by atoms with Crippen molar-refractivity contribution in [3.8, 4) is 0 Å². The van der Waals surface area contributed by atoms with Gasteiger partial charge in [0.05, 0.1) is 17.2 Å². The predicted octanol–water partition coefficient (Wildman–Crippen LogP) is 1.94. The smallest absolute Gasteiger partial charge is 0.380 e. The molecule has 0 saturated carbocycles. The standard InChI is InChI=1S/C13H15N2O6P/c1-8(11(14-18)22(19,20-2)21-3)15-12(16)9-6-4-5-7-10(9)13(15)17/h4-8,18H,1-3H3/b14-11-. The van der Waals surface area contributed by atoms with E-state index < -0.39 is 30.9 Å². The topological polar surface area (TPSA) is 106 Å². The van der Waals surface area contributed by atoms with Crippen molar-refractivity contribution in [1.29, 1.82) is 0 Å². The summed E-state index contributed by atoms with van der Waals surface area (Å²) >= 11 is 0. The number of amides is 2. The van der Waals surface area contributed by atoms with Crippen molar-refractivity contribution in [1.82, 2.24) is 4.90 Å². The van der Waals surface area contributed by atoms with Crippen LogP contribution in [-0.4, -0.2) is 47.6 Å². The Balaban J connectivity index is 2.43. The van der Waals surface area contributed by atoms with E-state index in [1.807, 2.05) is 0 Å². The van der Waals surface area contributed by atoms with E-state index in [0.717, 1.165) is 19.1 Å². The summed E-state index contributed by atoms with van der Waals surface area (Å²) in [5.74, 6) is -1.12. The Morgan fingerprint density at radius 1 is 1.18 bits per heavy atom. The summed E-state index contributed by atoms with van der Waals surface area (Å²) in [6.07, 6.45) is 0. The van der Waals surface area contributed by atoms with Crippen molar-refractivity contribution in [2.24, 2.45) is 5.16 Å². The van der Waals surface area contributed by atoms with E-state index >= 15 is 0 Å². The summed E-state index contributed by atoms with van der Waals surface area (Å²) in [5.41, 5.74) is 0.0506. The van der Waals surface area contributed by atoms with Crippen molar-refractivity contribution in [2.75, 3.05) is 14.2 Å². The summed E-state index contributed by atoms with van der Waals surface area (Å²) < 4.78 is 21.9. The van der Waals surface area contributed by atoms with Crippen LogP contribution >= 0.6 is 7.60 Å². The predicted molar refractivity (Wildman–Crippen MR) is 77.3 cm³/mol. The van der Waals surface area contributed by atoms with Gasteiger partial charge in [0, 0.05) is 14.2 Å². The molecule has 118 valence electrons. The lowest BCUT2D eigenvalue weighted by atomic mass is 10.1. The fourth-order valence-electron chi connectivity index (χ4n) is 2.30. The van der Waals surface area contributed by atoms with Crippen molar-refractivity contribution < 1.29 is 28.4 Å². The van der Waals surface area contributed by atoms with Gasteiger partial charge in [0.15, 0.2) is 5.45 Å². The molecule has 0 fully saturated rings. The van der Waals surface area contributed by atoms with E-state index in [2.05, 4.69) is 5.16 Å². The number of rotatable bonds is 5. The molecule has 0 aromatic heterocycles. The molecule has 0 radical (unpaired) electrons. The highest BCUT2D eigenvalue weighted by Crippen LogP contribution is 2.50. The maximum Gasteiger partial charge on any atom is 0.380 e. The Kier molecular flexibility index (Phi) is 4.46. The molecule has 0 bridgehead atoms. The lowest BCUT2D eigenvalue weighted by molar-refractivity contribution is 0.0634. The van der Waals surface area contributed by atoms with Crippen LogP contribution in [-0.2, 0) is 13.6 Å². The molecule has 0 spiro atoms. The van der Waals surface area contributed by atoms with E-state index in [9.17, 15) is 14.2 Å². The van der Waals surface area contributed by atoms with Gasteiger partial charge >= 0.3 is 7.60 Å². The molecule has 1 heterocycles. The highest BCUT2D eigenvalue weighted by atomic mass is 31.2. The summed E-state index contributed by atoms with van der Waals surface area (Å²) in [7, 11) is -1.66. The monoisotopic (exact) mass is 326 g/mol. The first-order chi connectivity index (χ1) is 10.4. The molecule has 1 aromatic rings. The maximum atomic E-state index is 12.4. The minimum Gasteiger partial charge on any atom is -0.410 e. The number of imide groups is 1. The number of fused-ring (bicyclic) bond motifs is 1. The number of nitrogens with zero attached hydrogens (tertiary/aromatic N) is 2. The van der Waals surface area contributed by atoms with Gasteiger partial charge in [-0.3, -0.25) is 19.1 Å². The third-order valence-electron chi connectivity index (χ3n) is 3.45. The molecular formula is C13H15N2O6P. The second kappa shape index (κ2) is 6.00. The molecule has 2 amide bonds. The Labute approximate surface area is 126 Å². The van der Waals surface area contributed by atoms with Gasteiger partial charge in [0.2, 0.25) is 0 Å². The summed E-state index contributed by atoms with van der Waals surface area (Å²) in [5, 5.41) is 12.1. The first kappa shape index (κ1) is 16.4. The Morgan fingerprint density at radius 2 is 1.64 bits per heavy atom. The molecular weight excluding hydrogens is 311 g/mol. The highest BCUT2D eigenvalue weighted by Gasteiger charge is 2.45. The van der Waals surface area contributed by atoms with Crippen LogP contribution in [0.25, 0.3) is 0 Å². The number of benzene rings is 1. The lowest BCUT2D eigenvalue weighted by Gasteiger charge is -2.25. The fraction of sp³-hybridized carbons (Fsp3) is 0.308. The second-order valence-corrected chi connectivity index (χ2v) is 6.71. The van der Waals surface area contributed by atoms with E-state index in [1.54, 1.807) is 12.1 Å². The SMILES string of the molecule is COP(=O)(OC)/C(=N\O)C(C)N1C(=O)c2ccccc2C1=O. The van der Waals surface area contributed by atoms with Gasteiger partial charge in [0.1, 0.15) is 0 Å². The zero-order valence-electron chi connectivity index (χ0n) is 12.2. The van der Waals surface area contributed by atoms with Crippen LogP contribution in [0.4, 0.5) is 0 Å². The van der Waals surface area contributed by atoms with Gasteiger partial charge in [-0.15, -0.1) is 0 Å². The van der Waals surface area contributed by atoms with Gasteiger partial charge in [-0.1, -0.05) is 17.3 Å². The lowest BCUT2D eigenvalue weighted by Crippen LogP contribution is -2.43. The Hall–Kier alpha value is -2.02. The maximum absolute atomic E-state index is 12.4. The van der Waals surface area contributed by atoms with Crippen molar-refractivity contribution >= 4 is 24.9 Å². The van der Waals surface area contributed by atoms with E-state index in [0.29, 0.717) is 0 Å². The number of hydrogen-bond acceptors (Lipinski definition) is 7.